The van der Waals surface area contributed by atoms with Crippen LogP contribution in [0.15, 0.2) is 35.3 Å². The molecule has 0 aliphatic rings. The molecule has 160 valence electrons. The Morgan fingerprint density at radius 2 is 1.62 bits per heavy atom. The van der Waals surface area contributed by atoms with Gasteiger partial charge < -0.3 is 38.7 Å². The smallest absolute Gasteiger partial charge is 0.245 e. The SMILES string of the molecule is NC(=O)[C@H](CCCN=C(N)N)NC(=O)[C@H](CO)NC(=O)[C@@H](N)Cc1ccccc1. The third-order valence-corrected chi connectivity index (χ3v) is 4.06. The summed E-state index contributed by atoms with van der Waals surface area (Å²) in [5.74, 6) is -2.20. The molecule has 0 bridgehead atoms. The van der Waals surface area contributed by atoms with Crippen LogP contribution >= 0.6 is 0 Å². The minimum atomic E-state index is -1.27. The zero-order chi connectivity index (χ0) is 21.8. The number of aliphatic hydroxyl groups is 1. The van der Waals surface area contributed by atoms with E-state index in [4.69, 9.17) is 22.9 Å². The van der Waals surface area contributed by atoms with E-state index in [-0.39, 0.29) is 25.3 Å². The van der Waals surface area contributed by atoms with Crippen molar-refractivity contribution in [2.45, 2.75) is 37.4 Å². The van der Waals surface area contributed by atoms with Crippen LogP contribution < -0.4 is 33.6 Å². The first kappa shape index (κ1) is 23.9. The number of primary amides is 1. The van der Waals surface area contributed by atoms with Gasteiger partial charge in [0.2, 0.25) is 17.7 Å². The molecule has 29 heavy (non-hydrogen) atoms. The molecule has 0 saturated heterocycles. The first-order chi connectivity index (χ1) is 13.7. The zero-order valence-electron chi connectivity index (χ0n) is 16.1. The summed E-state index contributed by atoms with van der Waals surface area (Å²) in [6.07, 6.45) is 0.850. The second-order valence-electron chi connectivity index (χ2n) is 6.45. The number of aliphatic hydroxyl groups excluding tert-OH is 1. The molecule has 1 aromatic rings. The van der Waals surface area contributed by atoms with Crippen LogP contribution in [0.4, 0.5) is 0 Å². The van der Waals surface area contributed by atoms with Crippen molar-refractivity contribution in [1.29, 1.82) is 0 Å². The third-order valence-electron chi connectivity index (χ3n) is 4.06. The molecule has 0 fully saturated rings. The number of guanidine groups is 1. The van der Waals surface area contributed by atoms with Gasteiger partial charge in [-0.05, 0) is 24.8 Å². The van der Waals surface area contributed by atoms with Gasteiger partial charge in [0.25, 0.3) is 0 Å². The molecule has 0 radical (unpaired) electrons. The Morgan fingerprint density at radius 1 is 1.00 bits per heavy atom. The lowest BCUT2D eigenvalue weighted by molar-refractivity contribution is -0.132. The van der Waals surface area contributed by atoms with Gasteiger partial charge in [-0.2, -0.15) is 0 Å². The summed E-state index contributed by atoms with van der Waals surface area (Å²) >= 11 is 0. The summed E-state index contributed by atoms with van der Waals surface area (Å²) in [5, 5.41) is 14.3. The molecule has 0 heterocycles. The summed E-state index contributed by atoms with van der Waals surface area (Å²) in [7, 11) is 0. The average Bonchev–Trinajstić information content (AvgIpc) is 2.68. The molecule has 3 atom stereocenters. The van der Waals surface area contributed by atoms with E-state index in [0.717, 1.165) is 5.56 Å². The molecule has 0 aliphatic carbocycles. The maximum Gasteiger partial charge on any atom is 0.245 e. The maximum atomic E-state index is 12.3. The van der Waals surface area contributed by atoms with Gasteiger partial charge in [-0.3, -0.25) is 19.4 Å². The highest BCUT2D eigenvalue weighted by Gasteiger charge is 2.26. The largest absolute Gasteiger partial charge is 0.394 e. The minimum absolute atomic E-state index is 0.0837. The van der Waals surface area contributed by atoms with E-state index in [1.54, 1.807) is 0 Å². The Hall–Kier alpha value is -3.18. The van der Waals surface area contributed by atoms with Gasteiger partial charge in [0.05, 0.1) is 12.6 Å². The van der Waals surface area contributed by atoms with Gasteiger partial charge in [-0.1, -0.05) is 30.3 Å². The van der Waals surface area contributed by atoms with E-state index in [2.05, 4.69) is 15.6 Å². The van der Waals surface area contributed by atoms with Crippen molar-refractivity contribution in [3.8, 4) is 0 Å². The first-order valence-electron chi connectivity index (χ1n) is 9.10. The van der Waals surface area contributed by atoms with Gasteiger partial charge in [-0.25, -0.2) is 0 Å². The summed E-state index contributed by atoms with van der Waals surface area (Å²) in [4.78, 5) is 39.9. The van der Waals surface area contributed by atoms with Crippen molar-refractivity contribution < 1.29 is 19.5 Å². The molecule has 0 unspecified atom stereocenters. The van der Waals surface area contributed by atoms with Crippen LogP contribution in [-0.2, 0) is 20.8 Å². The van der Waals surface area contributed by atoms with E-state index in [9.17, 15) is 19.5 Å². The lowest BCUT2D eigenvalue weighted by Crippen LogP contribution is -2.56. The number of hydrogen-bond donors (Lipinski definition) is 7. The summed E-state index contributed by atoms with van der Waals surface area (Å²) in [6, 6.07) is 5.94. The molecule has 1 rings (SSSR count). The van der Waals surface area contributed by atoms with Crippen molar-refractivity contribution in [2.75, 3.05) is 13.2 Å². The number of nitrogens with two attached hydrogens (primary N) is 4. The molecule has 11 heteroatoms. The number of rotatable bonds is 12. The highest BCUT2D eigenvalue weighted by atomic mass is 16.3. The monoisotopic (exact) mass is 407 g/mol. The predicted molar refractivity (Wildman–Crippen MR) is 108 cm³/mol. The topological polar surface area (TPSA) is 212 Å². The number of carbonyl (C=O) groups excluding carboxylic acids is 3. The summed E-state index contributed by atoms with van der Waals surface area (Å²) in [5.41, 5.74) is 22.5. The van der Waals surface area contributed by atoms with Crippen LogP contribution in [0.1, 0.15) is 18.4 Å². The number of amides is 3. The highest BCUT2D eigenvalue weighted by molar-refractivity contribution is 5.92. The van der Waals surface area contributed by atoms with Crippen LogP contribution in [0.5, 0.6) is 0 Å². The van der Waals surface area contributed by atoms with Gasteiger partial charge in [0.1, 0.15) is 12.1 Å². The molecular formula is C18H29N7O4. The average molecular weight is 407 g/mol. The van der Waals surface area contributed by atoms with E-state index >= 15 is 0 Å². The Morgan fingerprint density at radius 3 is 2.17 bits per heavy atom. The van der Waals surface area contributed by atoms with Gasteiger partial charge in [-0.15, -0.1) is 0 Å². The number of hydrogen-bond acceptors (Lipinski definition) is 6. The van der Waals surface area contributed by atoms with Crippen LogP contribution in [0, 0.1) is 0 Å². The van der Waals surface area contributed by atoms with Crippen LogP contribution in [0.25, 0.3) is 0 Å². The molecule has 0 spiro atoms. The van der Waals surface area contributed by atoms with E-state index in [0.29, 0.717) is 6.42 Å². The molecular weight excluding hydrogens is 378 g/mol. The van der Waals surface area contributed by atoms with Gasteiger partial charge in [0, 0.05) is 6.54 Å². The first-order valence-corrected chi connectivity index (χ1v) is 9.10. The number of benzene rings is 1. The van der Waals surface area contributed by atoms with Crippen molar-refractivity contribution in [3.05, 3.63) is 35.9 Å². The number of nitrogens with zero attached hydrogens (tertiary/aromatic N) is 1. The normalized spacial score (nSPS) is 13.6. The molecule has 11 nitrogen and oxygen atoms in total. The Kier molecular flexibility index (Phi) is 10.1. The van der Waals surface area contributed by atoms with Crippen molar-refractivity contribution in [3.63, 3.8) is 0 Å². The Labute approximate surface area is 168 Å². The molecule has 3 amide bonds. The van der Waals surface area contributed by atoms with E-state index in [1.807, 2.05) is 30.3 Å². The van der Waals surface area contributed by atoms with Gasteiger partial charge in [0.15, 0.2) is 5.96 Å². The van der Waals surface area contributed by atoms with Crippen LogP contribution in [0.2, 0.25) is 0 Å². The van der Waals surface area contributed by atoms with Crippen LogP contribution in [0.3, 0.4) is 0 Å². The second kappa shape index (κ2) is 12.3. The van der Waals surface area contributed by atoms with Crippen molar-refractivity contribution >= 4 is 23.7 Å². The van der Waals surface area contributed by atoms with E-state index in [1.165, 1.54) is 0 Å². The molecule has 1 aromatic carbocycles. The Balaban J connectivity index is 2.60. The number of nitrogens with one attached hydrogen (secondary N) is 2. The number of carbonyl (C=O) groups is 3. The van der Waals surface area contributed by atoms with Gasteiger partial charge >= 0.3 is 0 Å². The summed E-state index contributed by atoms with van der Waals surface area (Å²) in [6.45, 7) is -0.411. The van der Waals surface area contributed by atoms with Crippen LogP contribution in [-0.4, -0.2) is 60.1 Å². The quantitative estimate of drug-likeness (QED) is 0.109. The number of aliphatic imine (C=N–C) groups is 1. The third kappa shape index (κ3) is 9.04. The lowest BCUT2D eigenvalue weighted by atomic mass is 10.1. The molecule has 11 N–H and O–H groups in total. The fourth-order valence-corrected chi connectivity index (χ4v) is 2.50. The van der Waals surface area contributed by atoms with Crippen molar-refractivity contribution in [2.24, 2.45) is 27.9 Å². The fraction of sp³-hybridized carbons (Fsp3) is 0.444. The molecule has 0 aliphatic heterocycles. The molecule has 0 aromatic heterocycles. The second-order valence-corrected chi connectivity index (χ2v) is 6.45. The lowest BCUT2D eigenvalue weighted by Gasteiger charge is -2.22. The summed E-state index contributed by atoms with van der Waals surface area (Å²) < 4.78 is 0. The standard InChI is InChI=1S/C18H29N7O4/c19-12(9-11-5-2-1-3-6-11)16(28)25-14(10-26)17(29)24-13(15(20)27)7-4-8-23-18(21)22/h1-3,5-6,12-14,26H,4,7-10,19H2,(H2,20,27)(H,24,29)(H,25,28)(H4,21,22,23)/t12-,13-,14-/m0/s1. The molecule has 0 saturated carbocycles. The Bertz CT molecular complexity index is 707. The predicted octanol–water partition coefficient (Wildman–Crippen LogP) is -2.94. The van der Waals surface area contributed by atoms with E-state index < -0.39 is 42.5 Å². The maximum absolute atomic E-state index is 12.3. The fourth-order valence-electron chi connectivity index (χ4n) is 2.50. The minimum Gasteiger partial charge on any atom is -0.394 e. The van der Waals surface area contributed by atoms with Crippen molar-refractivity contribution in [1.82, 2.24) is 10.6 Å². The zero-order valence-corrected chi connectivity index (χ0v) is 16.1. The highest BCUT2D eigenvalue weighted by Crippen LogP contribution is 2.03.